The number of ether oxygens (including phenoxy) is 2. The van der Waals surface area contributed by atoms with Gasteiger partial charge in [0.25, 0.3) is 0 Å². The zero-order valence-electron chi connectivity index (χ0n) is 17.4. The number of rotatable bonds is 8. The van der Waals surface area contributed by atoms with E-state index in [1.165, 1.54) is 12.1 Å². The third-order valence-corrected chi connectivity index (χ3v) is 5.77. The third kappa shape index (κ3) is 6.29. The molecular formula is C25H18BrCl2NO4. The molecule has 168 valence electrons. The molecule has 0 amide bonds. The van der Waals surface area contributed by atoms with Gasteiger partial charge in [-0.2, -0.15) is 5.26 Å². The van der Waals surface area contributed by atoms with E-state index in [-0.39, 0.29) is 12.2 Å². The fourth-order valence-electron chi connectivity index (χ4n) is 3.00. The summed E-state index contributed by atoms with van der Waals surface area (Å²) in [5, 5.41) is 19.8. The van der Waals surface area contributed by atoms with Gasteiger partial charge >= 0.3 is 5.97 Å². The summed E-state index contributed by atoms with van der Waals surface area (Å²) in [6, 6.07) is 17.1. The number of carbonyl (C=O) groups is 1. The number of nitrogens with zero attached hydrogens (tertiary/aromatic N) is 1. The van der Waals surface area contributed by atoms with E-state index in [4.69, 9.17) is 37.8 Å². The van der Waals surface area contributed by atoms with Crippen molar-refractivity contribution in [3.63, 3.8) is 0 Å². The Kier molecular flexibility index (Phi) is 8.40. The van der Waals surface area contributed by atoms with Gasteiger partial charge in [-0.25, -0.2) is 4.79 Å². The lowest BCUT2D eigenvalue weighted by molar-refractivity contribution is 0.0697. The predicted molar refractivity (Wildman–Crippen MR) is 133 cm³/mol. The van der Waals surface area contributed by atoms with E-state index >= 15 is 0 Å². The second-order valence-corrected chi connectivity index (χ2v) is 8.54. The predicted octanol–water partition coefficient (Wildman–Crippen LogP) is 7.50. The maximum atomic E-state index is 11.1. The minimum Gasteiger partial charge on any atom is -0.490 e. The second kappa shape index (κ2) is 11.2. The van der Waals surface area contributed by atoms with Crippen molar-refractivity contribution in [2.75, 3.05) is 6.61 Å². The molecule has 3 rings (SSSR count). The molecule has 0 saturated carbocycles. The molecule has 3 aromatic rings. The van der Waals surface area contributed by atoms with Crippen molar-refractivity contribution >= 4 is 56.8 Å². The van der Waals surface area contributed by atoms with Gasteiger partial charge in [-0.15, -0.1) is 0 Å². The maximum absolute atomic E-state index is 11.1. The van der Waals surface area contributed by atoms with Crippen LogP contribution in [-0.2, 0) is 6.61 Å². The average molecular weight is 547 g/mol. The van der Waals surface area contributed by atoms with E-state index in [1.807, 2.05) is 13.0 Å². The molecule has 33 heavy (non-hydrogen) atoms. The van der Waals surface area contributed by atoms with Crippen LogP contribution in [0.15, 0.2) is 59.1 Å². The van der Waals surface area contributed by atoms with E-state index in [0.29, 0.717) is 49.3 Å². The van der Waals surface area contributed by atoms with Gasteiger partial charge in [-0.3, -0.25) is 0 Å². The first-order chi connectivity index (χ1) is 15.8. The van der Waals surface area contributed by atoms with Crippen LogP contribution < -0.4 is 9.47 Å². The third-order valence-electron chi connectivity index (χ3n) is 4.59. The standard InChI is InChI=1S/C25H18BrCl2NO4/c1-2-32-23-11-15(9-19(13-29)16-3-5-17(6-4-16)25(30)31)10-21(26)24(23)33-14-18-7-8-20(27)12-22(18)28/h3-12H,2,14H2,1H3,(H,30,31)/b19-9-. The fourth-order valence-corrected chi connectivity index (χ4v) is 4.04. The summed E-state index contributed by atoms with van der Waals surface area (Å²) < 4.78 is 12.4. The van der Waals surface area contributed by atoms with Gasteiger partial charge in [0.1, 0.15) is 6.61 Å². The lowest BCUT2D eigenvalue weighted by atomic mass is 10.0. The van der Waals surface area contributed by atoms with Gasteiger partial charge in [0, 0.05) is 15.6 Å². The molecule has 0 fully saturated rings. The highest BCUT2D eigenvalue weighted by Crippen LogP contribution is 2.39. The summed E-state index contributed by atoms with van der Waals surface area (Å²) in [6.07, 6.45) is 1.70. The Morgan fingerprint density at radius 2 is 1.79 bits per heavy atom. The van der Waals surface area contributed by atoms with Crippen molar-refractivity contribution in [3.8, 4) is 17.6 Å². The summed E-state index contributed by atoms with van der Waals surface area (Å²) in [5.74, 6) is -0.0177. The molecule has 0 aliphatic rings. The largest absolute Gasteiger partial charge is 0.490 e. The molecule has 0 atom stereocenters. The van der Waals surface area contributed by atoms with Gasteiger partial charge < -0.3 is 14.6 Å². The van der Waals surface area contributed by atoms with E-state index in [2.05, 4.69) is 22.0 Å². The Morgan fingerprint density at radius 3 is 2.39 bits per heavy atom. The van der Waals surface area contributed by atoms with Gasteiger partial charge in [0.05, 0.1) is 28.3 Å². The zero-order chi connectivity index (χ0) is 24.0. The fraction of sp³-hybridized carbons (Fsp3) is 0.120. The van der Waals surface area contributed by atoms with E-state index in [1.54, 1.807) is 42.5 Å². The molecule has 0 aromatic heterocycles. The van der Waals surface area contributed by atoms with Crippen molar-refractivity contribution in [3.05, 3.63) is 91.4 Å². The number of benzene rings is 3. The van der Waals surface area contributed by atoms with Crippen LogP contribution in [0.25, 0.3) is 11.6 Å². The summed E-state index contributed by atoms with van der Waals surface area (Å²) in [7, 11) is 0. The Bertz CT molecular complexity index is 1250. The first-order valence-electron chi connectivity index (χ1n) is 9.81. The first kappa shape index (κ1) is 24.7. The van der Waals surface area contributed by atoms with Gasteiger partial charge in [0.2, 0.25) is 0 Å². The monoisotopic (exact) mass is 545 g/mol. The molecule has 0 saturated heterocycles. The number of hydrogen-bond acceptors (Lipinski definition) is 4. The molecule has 0 radical (unpaired) electrons. The maximum Gasteiger partial charge on any atom is 0.335 e. The van der Waals surface area contributed by atoms with Crippen LogP contribution in [0.1, 0.15) is 34.0 Å². The van der Waals surface area contributed by atoms with E-state index in [9.17, 15) is 10.1 Å². The Morgan fingerprint density at radius 1 is 1.09 bits per heavy atom. The number of carboxylic acids is 1. The summed E-state index contributed by atoms with van der Waals surface area (Å²) in [4.78, 5) is 11.1. The van der Waals surface area contributed by atoms with Crippen LogP contribution in [-0.4, -0.2) is 17.7 Å². The number of allylic oxidation sites excluding steroid dienone is 1. The van der Waals surface area contributed by atoms with Crippen LogP contribution >= 0.6 is 39.1 Å². The molecule has 0 aliphatic carbocycles. The normalized spacial score (nSPS) is 11.1. The minimum absolute atomic E-state index is 0.153. The molecule has 0 bridgehead atoms. The van der Waals surface area contributed by atoms with Crippen LogP contribution in [0.2, 0.25) is 10.0 Å². The van der Waals surface area contributed by atoms with Crippen molar-refractivity contribution in [2.45, 2.75) is 13.5 Å². The number of nitriles is 1. The minimum atomic E-state index is -1.02. The number of halogens is 3. The van der Waals surface area contributed by atoms with Gasteiger partial charge in [-0.1, -0.05) is 41.4 Å². The molecule has 8 heteroatoms. The van der Waals surface area contributed by atoms with Gasteiger partial charge in [0.15, 0.2) is 11.5 Å². The SMILES string of the molecule is CCOc1cc(/C=C(/C#N)c2ccc(C(=O)O)cc2)cc(Br)c1OCc1ccc(Cl)cc1Cl. The number of carboxylic acid groups (broad SMARTS) is 1. The van der Waals surface area contributed by atoms with Crippen LogP contribution in [0.5, 0.6) is 11.5 Å². The molecule has 1 N–H and O–H groups in total. The highest BCUT2D eigenvalue weighted by atomic mass is 79.9. The number of aromatic carboxylic acids is 1. The van der Waals surface area contributed by atoms with Gasteiger partial charge in [-0.05, 0) is 76.5 Å². The quantitative estimate of drug-likeness (QED) is 0.234. The summed E-state index contributed by atoms with van der Waals surface area (Å²) >= 11 is 15.7. The molecule has 0 aliphatic heterocycles. The lowest BCUT2D eigenvalue weighted by Gasteiger charge is -2.15. The van der Waals surface area contributed by atoms with Crippen molar-refractivity contribution < 1.29 is 19.4 Å². The second-order valence-electron chi connectivity index (χ2n) is 6.84. The summed E-state index contributed by atoms with van der Waals surface area (Å²) in [5.41, 5.74) is 2.62. The van der Waals surface area contributed by atoms with Crippen LogP contribution in [0.4, 0.5) is 0 Å². The molecule has 3 aromatic carbocycles. The lowest BCUT2D eigenvalue weighted by Crippen LogP contribution is -2.01. The molecule has 0 unspecified atom stereocenters. The summed E-state index contributed by atoms with van der Waals surface area (Å²) in [6.45, 7) is 2.49. The van der Waals surface area contributed by atoms with Crippen LogP contribution in [0, 0.1) is 11.3 Å². The molecular weight excluding hydrogens is 529 g/mol. The number of hydrogen-bond donors (Lipinski definition) is 1. The molecule has 0 spiro atoms. The average Bonchev–Trinajstić information content (AvgIpc) is 2.78. The van der Waals surface area contributed by atoms with Crippen molar-refractivity contribution in [1.29, 1.82) is 5.26 Å². The topological polar surface area (TPSA) is 79.5 Å². The highest BCUT2D eigenvalue weighted by molar-refractivity contribution is 9.10. The Balaban J connectivity index is 1.91. The van der Waals surface area contributed by atoms with Crippen molar-refractivity contribution in [1.82, 2.24) is 0 Å². The van der Waals surface area contributed by atoms with E-state index in [0.717, 1.165) is 5.56 Å². The Labute approximate surface area is 209 Å². The molecule has 0 heterocycles. The van der Waals surface area contributed by atoms with E-state index < -0.39 is 5.97 Å². The van der Waals surface area contributed by atoms with Crippen molar-refractivity contribution in [2.24, 2.45) is 0 Å². The first-order valence-corrected chi connectivity index (χ1v) is 11.4. The molecule has 5 nitrogen and oxygen atoms in total. The zero-order valence-corrected chi connectivity index (χ0v) is 20.5. The Hall–Kier alpha value is -2.98. The highest BCUT2D eigenvalue weighted by Gasteiger charge is 2.14. The van der Waals surface area contributed by atoms with Crippen LogP contribution in [0.3, 0.4) is 0 Å². The smallest absolute Gasteiger partial charge is 0.335 e.